The molecule has 0 aliphatic heterocycles. The Morgan fingerprint density at radius 3 is 2.62 bits per heavy atom. The maximum absolute atomic E-state index is 13.4. The number of furan rings is 1. The number of hydrogen-bond acceptors (Lipinski definition) is 2. The van der Waals surface area contributed by atoms with Crippen molar-refractivity contribution in [1.29, 1.82) is 0 Å². The van der Waals surface area contributed by atoms with Gasteiger partial charge in [0.15, 0.2) is 0 Å². The second-order valence-electron chi connectivity index (χ2n) is 5.26. The first-order chi connectivity index (χ1) is 10.2. The van der Waals surface area contributed by atoms with E-state index in [2.05, 4.69) is 17.4 Å². The van der Waals surface area contributed by atoms with Crippen LogP contribution in [-0.4, -0.2) is 7.05 Å². The van der Waals surface area contributed by atoms with Crippen molar-refractivity contribution in [3.05, 3.63) is 71.2 Å². The second kappa shape index (κ2) is 5.70. The van der Waals surface area contributed by atoms with Crippen molar-refractivity contribution in [3.63, 3.8) is 0 Å². The Balaban J connectivity index is 1.99. The van der Waals surface area contributed by atoms with Crippen LogP contribution in [0.15, 0.2) is 52.9 Å². The van der Waals surface area contributed by atoms with Crippen LogP contribution in [-0.2, 0) is 6.42 Å². The third kappa shape index (κ3) is 2.69. The summed E-state index contributed by atoms with van der Waals surface area (Å²) in [7, 11) is 1.92. The highest BCUT2D eigenvalue weighted by atomic mass is 19.1. The van der Waals surface area contributed by atoms with Crippen molar-refractivity contribution in [3.8, 4) is 0 Å². The summed E-state index contributed by atoms with van der Waals surface area (Å²) in [5, 5.41) is 4.14. The lowest BCUT2D eigenvalue weighted by Crippen LogP contribution is -2.19. The molecule has 3 aromatic rings. The molecule has 21 heavy (non-hydrogen) atoms. The van der Waals surface area contributed by atoms with Crippen molar-refractivity contribution in [2.24, 2.45) is 0 Å². The fourth-order valence-electron chi connectivity index (χ4n) is 2.72. The number of rotatable bonds is 4. The van der Waals surface area contributed by atoms with E-state index in [-0.39, 0.29) is 11.9 Å². The van der Waals surface area contributed by atoms with Gasteiger partial charge in [-0.1, -0.05) is 30.3 Å². The predicted octanol–water partition coefficient (Wildman–Crippen LogP) is 4.38. The van der Waals surface area contributed by atoms with Gasteiger partial charge in [-0.05, 0) is 44.2 Å². The number of aryl methyl sites for hydroxylation is 1. The van der Waals surface area contributed by atoms with E-state index >= 15 is 0 Å². The average molecular weight is 283 g/mol. The number of hydrogen-bond donors (Lipinski definition) is 1. The summed E-state index contributed by atoms with van der Waals surface area (Å²) < 4.78 is 19.3. The lowest BCUT2D eigenvalue weighted by Gasteiger charge is -2.14. The molecule has 0 aliphatic carbocycles. The first-order valence-corrected chi connectivity index (χ1v) is 7.09. The number of fused-ring (bicyclic) bond motifs is 1. The van der Waals surface area contributed by atoms with Crippen molar-refractivity contribution in [2.45, 2.75) is 19.4 Å². The summed E-state index contributed by atoms with van der Waals surface area (Å²) in [6, 6.07) is 15.0. The van der Waals surface area contributed by atoms with Gasteiger partial charge in [0, 0.05) is 10.9 Å². The average Bonchev–Trinajstić information content (AvgIpc) is 2.83. The molecule has 1 heterocycles. The molecule has 2 nitrogen and oxygen atoms in total. The standard InChI is InChI=1S/C18H18FNO/c1-12-15-11-14(19)8-9-17(15)21-18(12)16(20-2)10-13-6-4-3-5-7-13/h3-9,11,16,20H,10H2,1-2H3. The molecule has 0 bridgehead atoms. The third-order valence-electron chi connectivity index (χ3n) is 3.88. The SMILES string of the molecule is CNC(Cc1ccccc1)c1oc2ccc(F)cc2c1C. The van der Waals surface area contributed by atoms with Gasteiger partial charge in [-0.2, -0.15) is 0 Å². The minimum Gasteiger partial charge on any atom is -0.459 e. The summed E-state index contributed by atoms with van der Waals surface area (Å²) >= 11 is 0. The summed E-state index contributed by atoms with van der Waals surface area (Å²) in [5.41, 5.74) is 2.97. The highest BCUT2D eigenvalue weighted by Gasteiger charge is 2.19. The van der Waals surface area contributed by atoms with E-state index in [1.165, 1.54) is 17.7 Å². The van der Waals surface area contributed by atoms with E-state index in [1.54, 1.807) is 6.07 Å². The number of halogens is 1. The molecule has 1 aromatic heterocycles. The van der Waals surface area contributed by atoms with E-state index in [0.29, 0.717) is 0 Å². The topological polar surface area (TPSA) is 25.2 Å². The first kappa shape index (κ1) is 13.8. The van der Waals surface area contributed by atoms with Crippen molar-refractivity contribution < 1.29 is 8.81 Å². The molecule has 1 atom stereocenters. The molecule has 0 spiro atoms. The molecule has 1 unspecified atom stereocenters. The molecule has 0 saturated carbocycles. The molecular formula is C18H18FNO. The van der Waals surface area contributed by atoms with Crippen LogP contribution in [0.5, 0.6) is 0 Å². The predicted molar refractivity (Wildman–Crippen MR) is 82.9 cm³/mol. The molecule has 108 valence electrons. The second-order valence-corrected chi connectivity index (χ2v) is 5.26. The van der Waals surface area contributed by atoms with E-state index in [4.69, 9.17) is 4.42 Å². The minimum atomic E-state index is -0.234. The summed E-state index contributed by atoms with van der Waals surface area (Å²) in [6.45, 7) is 1.98. The van der Waals surface area contributed by atoms with Crippen LogP contribution in [0.4, 0.5) is 4.39 Å². The van der Waals surface area contributed by atoms with Crippen LogP contribution >= 0.6 is 0 Å². The van der Waals surface area contributed by atoms with Gasteiger partial charge in [0.25, 0.3) is 0 Å². The molecule has 0 radical (unpaired) electrons. The van der Waals surface area contributed by atoms with Crippen LogP contribution in [0.1, 0.15) is 22.9 Å². The first-order valence-electron chi connectivity index (χ1n) is 7.09. The Kier molecular flexibility index (Phi) is 3.76. The van der Waals surface area contributed by atoms with Crippen LogP contribution in [0, 0.1) is 12.7 Å². The van der Waals surface area contributed by atoms with Crippen molar-refractivity contribution in [2.75, 3.05) is 7.05 Å². The van der Waals surface area contributed by atoms with Crippen LogP contribution in [0.2, 0.25) is 0 Å². The Hall–Kier alpha value is -2.13. The van der Waals surface area contributed by atoms with Gasteiger partial charge in [0.1, 0.15) is 17.2 Å². The van der Waals surface area contributed by atoms with E-state index < -0.39 is 0 Å². The van der Waals surface area contributed by atoms with Crippen LogP contribution < -0.4 is 5.32 Å². The molecule has 3 rings (SSSR count). The largest absolute Gasteiger partial charge is 0.459 e. The molecule has 0 saturated heterocycles. The Bertz CT molecular complexity index is 749. The summed E-state index contributed by atoms with van der Waals surface area (Å²) in [5.74, 6) is 0.643. The Morgan fingerprint density at radius 1 is 1.14 bits per heavy atom. The van der Waals surface area contributed by atoms with Gasteiger partial charge in [0.2, 0.25) is 0 Å². The molecule has 0 fully saturated rings. The zero-order chi connectivity index (χ0) is 14.8. The molecule has 0 aliphatic rings. The Labute approximate surface area is 123 Å². The summed E-state index contributed by atoms with van der Waals surface area (Å²) in [4.78, 5) is 0. The third-order valence-corrected chi connectivity index (χ3v) is 3.88. The van der Waals surface area contributed by atoms with Crippen molar-refractivity contribution in [1.82, 2.24) is 5.32 Å². The maximum Gasteiger partial charge on any atom is 0.134 e. The Morgan fingerprint density at radius 2 is 1.90 bits per heavy atom. The maximum atomic E-state index is 13.4. The minimum absolute atomic E-state index is 0.0721. The normalized spacial score (nSPS) is 12.7. The number of benzene rings is 2. The van der Waals surface area contributed by atoms with Gasteiger partial charge < -0.3 is 9.73 Å². The lowest BCUT2D eigenvalue weighted by molar-refractivity contribution is 0.447. The zero-order valence-electron chi connectivity index (χ0n) is 12.2. The van der Waals surface area contributed by atoms with Gasteiger partial charge in [-0.25, -0.2) is 4.39 Å². The van der Waals surface area contributed by atoms with Crippen LogP contribution in [0.3, 0.4) is 0 Å². The van der Waals surface area contributed by atoms with Crippen molar-refractivity contribution >= 4 is 11.0 Å². The summed E-state index contributed by atoms with van der Waals surface area (Å²) in [6.07, 6.45) is 0.834. The van der Waals surface area contributed by atoms with E-state index in [1.807, 2.05) is 32.2 Å². The fraction of sp³-hybridized carbons (Fsp3) is 0.222. The monoisotopic (exact) mass is 283 g/mol. The molecule has 1 N–H and O–H groups in total. The number of likely N-dealkylation sites (N-methyl/N-ethyl adjacent to an activating group) is 1. The van der Waals surface area contributed by atoms with E-state index in [0.717, 1.165) is 28.7 Å². The highest BCUT2D eigenvalue weighted by Crippen LogP contribution is 2.31. The zero-order valence-corrected chi connectivity index (χ0v) is 12.2. The highest BCUT2D eigenvalue weighted by molar-refractivity contribution is 5.82. The number of nitrogens with one attached hydrogen (secondary N) is 1. The van der Waals surface area contributed by atoms with Crippen LogP contribution in [0.25, 0.3) is 11.0 Å². The van der Waals surface area contributed by atoms with Gasteiger partial charge in [-0.15, -0.1) is 0 Å². The fourth-order valence-corrected chi connectivity index (χ4v) is 2.72. The van der Waals surface area contributed by atoms with Gasteiger partial charge in [-0.3, -0.25) is 0 Å². The molecular weight excluding hydrogens is 265 g/mol. The van der Waals surface area contributed by atoms with E-state index in [9.17, 15) is 4.39 Å². The molecule has 0 amide bonds. The smallest absolute Gasteiger partial charge is 0.134 e. The lowest BCUT2D eigenvalue weighted by atomic mass is 10.0. The molecule has 2 aromatic carbocycles. The van der Waals surface area contributed by atoms with Gasteiger partial charge in [0.05, 0.1) is 6.04 Å². The molecule has 3 heteroatoms. The quantitative estimate of drug-likeness (QED) is 0.768. The van der Waals surface area contributed by atoms with Gasteiger partial charge >= 0.3 is 0 Å².